The quantitative estimate of drug-likeness (QED) is 0.545. The lowest BCUT2D eigenvalue weighted by atomic mass is 9.96. The molecule has 3 aliphatic rings. The fraction of sp³-hybridized carbons (Fsp3) is 0.370. The number of ether oxygens (including phenoxy) is 4. The van der Waals surface area contributed by atoms with Gasteiger partial charge in [0.15, 0.2) is 11.5 Å². The Kier molecular flexibility index (Phi) is 6.65. The molecule has 9 nitrogen and oxygen atoms in total. The summed E-state index contributed by atoms with van der Waals surface area (Å²) in [5.74, 6) is -2.10. The zero-order valence-electron chi connectivity index (χ0n) is 20.1. The van der Waals surface area contributed by atoms with E-state index in [0.717, 1.165) is 44.6 Å². The summed E-state index contributed by atoms with van der Waals surface area (Å²) in [7, 11) is 1.62. The molecular weight excluding hydrogens is 464 g/mol. The van der Waals surface area contributed by atoms with Crippen molar-refractivity contribution in [2.24, 2.45) is 5.92 Å². The van der Waals surface area contributed by atoms with Crippen LogP contribution >= 0.6 is 0 Å². The fourth-order valence-electron chi connectivity index (χ4n) is 4.96. The Bertz CT molecular complexity index is 1170. The van der Waals surface area contributed by atoms with Gasteiger partial charge in [0.25, 0.3) is 5.91 Å². The highest BCUT2D eigenvalue weighted by Crippen LogP contribution is 2.43. The molecule has 2 aromatic rings. The Hall–Kier alpha value is -3.85. The number of para-hydroxylation sites is 2. The van der Waals surface area contributed by atoms with Gasteiger partial charge in [-0.3, -0.25) is 14.6 Å². The number of likely N-dealkylation sites (tertiary alicyclic amines) is 1. The van der Waals surface area contributed by atoms with E-state index in [-0.39, 0.29) is 11.8 Å². The van der Waals surface area contributed by atoms with Crippen LogP contribution in [0.3, 0.4) is 0 Å². The molecule has 1 spiro atoms. The molecule has 9 heteroatoms. The molecule has 1 amide bonds. The zero-order chi connectivity index (χ0) is 25.1. The SMILES string of the molecule is COc1ccccc1OCCN1CCC(CN2C(=O)c3ccccc3C23OC(=O)C=CC(=O)O3)CC1. The second-order valence-electron chi connectivity index (χ2n) is 9.00. The number of esters is 2. The summed E-state index contributed by atoms with van der Waals surface area (Å²) < 4.78 is 22.5. The van der Waals surface area contributed by atoms with Crippen LogP contribution < -0.4 is 9.47 Å². The predicted molar refractivity (Wildman–Crippen MR) is 128 cm³/mol. The molecule has 188 valence electrons. The average molecular weight is 493 g/mol. The minimum absolute atomic E-state index is 0.153. The van der Waals surface area contributed by atoms with Gasteiger partial charge in [-0.05, 0) is 56.1 Å². The van der Waals surface area contributed by atoms with Crippen molar-refractivity contribution in [2.45, 2.75) is 18.8 Å². The first kappa shape index (κ1) is 23.9. The lowest BCUT2D eigenvalue weighted by Gasteiger charge is -2.39. The number of rotatable bonds is 7. The van der Waals surface area contributed by atoms with Crippen molar-refractivity contribution < 1.29 is 33.3 Å². The maximum absolute atomic E-state index is 13.3. The summed E-state index contributed by atoms with van der Waals surface area (Å²) in [4.78, 5) is 41.7. The second kappa shape index (κ2) is 10.0. The van der Waals surface area contributed by atoms with E-state index in [0.29, 0.717) is 35.8 Å². The van der Waals surface area contributed by atoms with Crippen LogP contribution in [0, 0.1) is 5.92 Å². The summed E-state index contributed by atoms with van der Waals surface area (Å²) in [5.41, 5.74) is 0.734. The number of benzene rings is 2. The summed E-state index contributed by atoms with van der Waals surface area (Å²) in [5, 5.41) is 0. The summed E-state index contributed by atoms with van der Waals surface area (Å²) >= 11 is 0. The lowest BCUT2D eigenvalue weighted by Crippen LogP contribution is -2.52. The van der Waals surface area contributed by atoms with Crippen LogP contribution in [-0.2, 0) is 25.0 Å². The monoisotopic (exact) mass is 492 g/mol. The van der Waals surface area contributed by atoms with E-state index in [2.05, 4.69) is 4.90 Å². The number of methoxy groups -OCH3 is 1. The minimum Gasteiger partial charge on any atom is -0.493 e. The molecule has 1 saturated heterocycles. The molecule has 36 heavy (non-hydrogen) atoms. The van der Waals surface area contributed by atoms with Gasteiger partial charge in [-0.1, -0.05) is 24.3 Å². The molecule has 0 aromatic heterocycles. The van der Waals surface area contributed by atoms with Crippen molar-refractivity contribution in [3.63, 3.8) is 0 Å². The second-order valence-corrected chi connectivity index (χ2v) is 9.00. The van der Waals surface area contributed by atoms with Crippen LogP contribution in [0.1, 0.15) is 28.8 Å². The van der Waals surface area contributed by atoms with Crippen LogP contribution in [0.4, 0.5) is 0 Å². The lowest BCUT2D eigenvalue weighted by molar-refractivity contribution is -0.275. The van der Waals surface area contributed by atoms with Gasteiger partial charge in [-0.15, -0.1) is 0 Å². The predicted octanol–water partition coefficient (Wildman–Crippen LogP) is 2.71. The van der Waals surface area contributed by atoms with Crippen molar-refractivity contribution in [3.05, 3.63) is 71.8 Å². The van der Waals surface area contributed by atoms with Gasteiger partial charge in [0.2, 0.25) is 0 Å². The number of carbonyl (C=O) groups excluding carboxylic acids is 3. The molecule has 3 aliphatic heterocycles. The summed E-state index contributed by atoms with van der Waals surface area (Å²) in [6, 6.07) is 14.3. The van der Waals surface area contributed by atoms with E-state index in [9.17, 15) is 14.4 Å². The fourth-order valence-corrected chi connectivity index (χ4v) is 4.96. The molecular formula is C27H28N2O7. The summed E-state index contributed by atoms with van der Waals surface area (Å²) in [6.45, 7) is 3.28. The molecule has 0 saturated carbocycles. The highest BCUT2D eigenvalue weighted by atomic mass is 16.8. The highest BCUT2D eigenvalue weighted by molar-refractivity contribution is 6.01. The van der Waals surface area contributed by atoms with E-state index < -0.39 is 17.8 Å². The van der Waals surface area contributed by atoms with E-state index in [1.54, 1.807) is 31.4 Å². The van der Waals surface area contributed by atoms with E-state index >= 15 is 0 Å². The van der Waals surface area contributed by atoms with Gasteiger partial charge in [-0.25, -0.2) is 9.59 Å². The van der Waals surface area contributed by atoms with Gasteiger partial charge in [0.05, 0.1) is 18.2 Å². The average Bonchev–Trinajstić information content (AvgIpc) is 3.00. The number of amides is 1. The van der Waals surface area contributed by atoms with Crippen LogP contribution in [0.2, 0.25) is 0 Å². The van der Waals surface area contributed by atoms with E-state index in [4.69, 9.17) is 18.9 Å². The van der Waals surface area contributed by atoms with Crippen LogP contribution in [0.25, 0.3) is 0 Å². The molecule has 0 aliphatic carbocycles. The van der Waals surface area contributed by atoms with Gasteiger partial charge in [0, 0.05) is 25.2 Å². The van der Waals surface area contributed by atoms with E-state index in [1.807, 2.05) is 24.3 Å². The Labute approximate surface area is 209 Å². The van der Waals surface area contributed by atoms with Gasteiger partial charge in [0.1, 0.15) is 6.61 Å². The smallest absolute Gasteiger partial charge is 0.375 e. The van der Waals surface area contributed by atoms with Crippen molar-refractivity contribution in [3.8, 4) is 11.5 Å². The van der Waals surface area contributed by atoms with Gasteiger partial charge >= 0.3 is 17.8 Å². The molecule has 0 bridgehead atoms. The van der Waals surface area contributed by atoms with Crippen LogP contribution in [-0.4, -0.2) is 67.5 Å². The van der Waals surface area contributed by atoms with Gasteiger partial charge in [-0.2, -0.15) is 0 Å². The Morgan fingerprint density at radius 3 is 2.25 bits per heavy atom. The van der Waals surface area contributed by atoms with Crippen molar-refractivity contribution >= 4 is 17.8 Å². The molecule has 2 aromatic carbocycles. The Morgan fingerprint density at radius 2 is 1.56 bits per heavy atom. The van der Waals surface area contributed by atoms with Crippen LogP contribution in [0.15, 0.2) is 60.7 Å². The maximum atomic E-state index is 13.3. The van der Waals surface area contributed by atoms with E-state index in [1.165, 1.54) is 4.90 Å². The molecule has 0 radical (unpaired) electrons. The van der Waals surface area contributed by atoms with Crippen molar-refractivity contribution in [1.82, 2.24) is 9.80 Å². The maximum Gasteiger partial charge on any atom is 0.375 e. The standard InChI is InChI=1S/C27H28N2O7/c1-33-22-8-4-5-9-23(22)34-17-16-28-14-12-19(13-15-28)18-29-26(32)20-6-2-3-7-21(20)27(29)35-24(30)10-11-25(31)36-27/h2-11,19H,12-18H2,1H3. The number of piperidine rings is 1. The van der Waals surface area contributed by atoms with Crippen molar-refractivity contribution in [2.75, 3.05) is 39.9 Å². The molecule has 0 atom stereocenters. The third kappa shape index (κ3) is 4.54. The molecule has 0 unspecified atom stereocenters. The zero-order valence-corrected chi connectivity index (χ0v) is 20.1. The molecule has 3 heterocycles. The number of carbonyl (C=O) groups is 3. The first-order valence-corrected chi connectivity index (χ1v) is 12.0. The minimum atomic E-state index is -1.88. The van der Waals surface area contributed by atoms with Crippen molar-refractivity contribution in [1.29, 1.82) is 0 Å². The molecule has 0 N–H and O–H groups in total. The third-order valence-corrected chi connectivity index (χ3v) is 6.81. The third-order valence-electron chi connectivity index (χ3n) is 6.81. The first-order chi connectivity index (χ1) is 17.5. The molecule has 1 fully saturated rings. The molecule has 5 rings (SSSR count). The van der Waals surface area contributed by atoms with Crippen LogP contribution in [0.5, 0.6) is 11.5 Å². The first-order valence-electron chi connectivity index (χ1n) is 12.0. The highest BCUT2D eigenvalue weighted by Gasteiger charge is 2.57. The normalized spacial score (nSPS) is 19.6. The number of nitrogens with zero attached hydrogens (tertiary/aromatic N) is 2. The number of hydrogen-bond donors (Lipinski definition) is 0. The largest absolute Gasteiger partial charge is 0.493 e. The number of hydrogen-bond acceptors (Lipinski definition) is 8. The number of fused-ring (bicyclic) bond motifs is 2. The summed E-state index contributed by atoms with van der Waals surface area (Å²) in [6.07, 6.45) is 3.72. The Morgan fingerprint density at radius 1 is 0.917 bits per heavy atom. The van der Waals surface area contributed by atoms with Gasteiger partial charge < -0.3 is 18.9 Å². The topological polar surface area (TPSA) is 94.6 Å². The Balaban J connectivity index is 1.22.